The SMILES string of the molecule is Cc1ccc(-c2ccccc2C)cc1NS(=O)(=O)c1ccc(O)cc1. The van der Waals surface area contributed by atoms with Crippen LogP contribution in [0.1, 0.15) is 11.1 Å². The summed E-state index contributed by atoms with van der Waals surface area (Å²) in [4.78, 5) is 0.103. The van der Waals surface area contributed by atoms with Crippen LogP contribution in [0.2, 0.25) is 0 Å². The van der Waals surface area contributed by atoms with Crippen molar-refractivity contribution >= 4 is 15.7 Å². The van der Waals surface area contributed by atoms with Crippen molar-refractivity contribution in [3.8, 4) is 16.9 Å². The lowest BCUT2D eigenvalue weighted by molar-refractivity contribution is 0.475. The molecule has 128 valence electrons. The minimum absolute atomic E-state index is 0.0247. The fraction of sp³-hybridized carbons (Fsp3) is 0.100. The van der Waals surface area contributed by atoms with Gasteiger partial charge in [-0.15, -0.1) is 0 Å². The number of phenolic OH excluding ortho intramolecular Hbond substituents is 1. The molecule has 0 aliphatic rings. The zero-order valence-corrected chi connectivity index (χ0v) is 14.8. The Labute approximate surface area is 147 Å². The van der Waals surface area contributed by atoms with Crippen LogP contribution in [0.3, 0.4) is 0 Å². The Balaban J connectivity index is 1.99. The number of anilines is 1. The molecule has 0 radical (unpaired) electrons. The maximum atomic E-state index is 12.6. The number of hydrogen-bond donors (Lipinski definition) is 2. The van der Waals surface area contributed by atoms with Gasteiger partial charge < -0.3 is 5.11 Å². The summed E-state index contributed by atoms with van der Waals surface area (Å²) in [6, 6.07) is 19.1. The molecule has 4 nitrogen and oxygen atoms in total. The molecule has 0 bridgehead atoms. The summed E-state index contributed by atoms with van der Waals surface area (Å²) < 4.78 is 27.8. The van der Waals surface area contributed by atoms with Gasteiger partial charge >= 0.3 is 0 Å². The quantitative estimate of drug-likeness (QED) is 0.727. The molecule has 3 aromatic carbocycles. The molecule has 0 saturated heterocycles. The first-order valence-corrected chi connectivity index (χ1v) is 9.34. The van der Waals surface area contributed by atoms with E-state index in [-0.39, 0.29) is 10.6 Å². The average Bonchev–Trinajstić information content (AvgIpc) is 2.58. The zero-order valence-electron chi connectivity index (χ0n) is 14.0. The Morgan fingerprint density at radius 3 is 2.20 bits per heavy atom. The topological polar surface area (TPSA) is 66.4 Å². The minimum Gasteiger partial charge on any atom is -0.508 e. The highest BCUT2D eigenvalue weighted by atomic mass is 32.2. The van der Waals surface area contributed by atoms with E-state index in [1.165, 1.54) is 24.3 Å². The molecule has 25 heavy (non-hydrogen) atoms. The first-order chi connectivity index (χ1) is 11.9. The van der Waals surface area contributed by atoms with E-state index in [1.807, 2.05) is 56.3 Å². The summed E-state index contributed by atoms with van der Waals surface area (Å²) in [7, 11) is -3.72. The van der Waals surface area contributed by atoms with E-state index < -0.39 is 10.0 Å². The van der Waals surface area contributed by atoms with Crippen LogP contribution in [0.15, 0.2) is 71.6 Å². The summed E-state index contributed by atoms with van der Waals surface area (Å²) in [5, 5.41) is 9.33. The van der Waals surface area contributed by atoms with Crippen molar-refractivity contribution < 1.29 is 13.5 Å². The van der Waals surface area contributed by atoms with Gasteiger partial charge in [0.25, 0.3) is 10.0 Å². The van der Waals surface area contributed by atoms with E-state index in [2.05, 4.69) is 4.72 Å². The van der Waals surface area contributed by atoms with Crippen LogP contribution in [0.4, 0.5) is 5.69 Å². The number of sulfonamides is 1. The van der Waals surface area contributed by atoms with Gasteiger partial charge in [0.15, 0.2) is 0 Å². The van der Waals surface area contributed by atoms with E-state index in [9.17, 15) is 13.5 Å². The molecule has 0 aromatic heterocycles. The first kappa shape index (κ1) is 17.0. The lowest BCUT2D eigenvalue weighted by Crippen LogP contribution is -2.13. The molecule has 0 amide bonds. The molecule has 5 heteroatoms. The zero-order chi connectivity index (χ0) is 18.0. The molecule has 0 atom stereocenters. The lowest BCUT2D eigenvalue weighted by Gasteiger charge is -2.13. The molecule has 0 unspecified atom stereocenters. The summed E-state index contributed by atoms with van der Waals surface area (Å²) >= 11 is 0. The standard InChI is InChI=1S/C20H19NO3S/c1-14-5-3-4-6-19(14)16-8-7-15(2)20(13-16)21-25(23,24)18-11-9-17(22)10-12-18/h3-13,21-22H,1-2H3. The lowest BCUT2D eigenvalue weighted by atomic mass is 9.99. The number of rotatable bonds is 4. The Hall–Kier alpha value is -2.79. The predicted molar refractivity (Wildman–Crippen MR) is 100 cm³/mol. The summed E-state index contributed by atoms with van der Waals surface area (Å²) in [5.41, 5.74) is 4.51. The van der Waals surface area contributed by atoms with Crippen LogP contribution in [0.5, 0.6) is 5.75 Å². The van der Waals surface area contributed by atoms with Crippen molar-refractivity contribution in [3.05, 3.63) is 77.9 Å². The molecule has 0 saturated carbocycles. The summed E-state index contributed by atoms with van der Waals surface area (Å²) in [6.45, 7) is 3.88. The van der Waals surface area contributed by atoms with E-state index in [0.29, 0.717) is 5.69 Å². The fourth-order valence-electron chi connectivity index (χ4n) is 2.63. The maximum Gasteiger partial charge on any atom is 0.261 e. The predicted octanol–water partition coefficient (Wildman–Crippen LogP) is 4.48. The molecule has 0 aliphatic carbocycles. The second-order valence-electron chi connectivity index (χ2n) is 5.94. The molecule has 0 fully saturated rings. The molecule has 3 aromatic rings. The molecule has 3 rings (SSSR count). The van der Waals surface area contributed by atoms with E-state index in [1.54, 1.807) is 0 Å². The Bertz CT molecular complexity index is 1010. The third kappa shape index (κ3) is 3.67. The van der Waals surface area contributed by atoms with Gasteiger partial charge in [-0.2, -0.15) is 0 Å². The highest BCUT2D eigenvalue weighted by Crippen LogP contribution is 2.29. The van der Waals surface area contributed by atoms with Crippen LogP contribution >= 0.6 is 0 Å². The van der Waals surface area contributed by atoms with Crippen molar-refractivity contribution in [3.63, 3.8) is 0 Å². The van der Waals surface area contributed by atoms with Gasteiger partial charge in [-0.05, 0) is 66.4 Å². The van der Waals surface area contributed by atoms with Gasteiger partial charge in [0.2, 0.25) is 0 Å². The number of nitrogens with one attached hydrogen (secondary N) is 1. The van der Waals surface area contributed by atoms with Crippen molar-refractivity contribution in [2.45, 2.75) is 18.7 Å². The Morgan fingerprint density at radius 1 is 0.840 bits per heavy atom. The molecule has 0 heterocycles. The van der Waals surface area contributed by atoms with Crippen molar-refractivity contribution in [1.82, 2.24) is 0 Å². The average molecular weight is 353 g/mol. The smallest absolute Gasteiger partial charge is 0.261 e. The van der Waals surface area contributed by atoms with Crippen molar-refractivity contribution in [2.24, 2.45) is 0 Å². The first-order valence-electron chi connectivity index (χ1n) is 7.85. The van der Waals surface area contributed by atoms with Gasteiger partial charge in [0, 0.05) is 0 Å². The highest BCUT2D eigenvalue weighted by molar-refractivity contribution is 7.92. The van der Waals surface area contributed by atoms with Gasteiger partial charge in [-0.3, -0.25) is 4.72 Å². The van der Waals surface area contributed by atoms with Gasteiger partial charge in [-0.1, -0.05) is 36.4 Å². The second kappa shape index (κ2) is 6.61. The third-order valence-electron chi connectivity index (χ3n) is 4.08. The number of hydrogen-bond acceptors (Lipinski definition) is 3. The van der Waals surface area contributed by atoms with E-state index >= 15 is 0 Å². The maximum absolute atomic E-state index is 12.6. The van der Waals surface area contributed by atoms with Gasteiger partial charge in [-0.25, -0.2) is 8.42 Å². The van der Waals surface area contributed by atoms with E-state index in [4.69, 9.17) is 0 Å². The Morgan fingerprint density at radius 2 is 1.52 bits per heavy atom. The number of aromatic hydroxyl groups is 1. The molecular formula is C20H19NO3S. The number of benzene rings is 3. The number of aryl methyl sites for hydroxylation is 2. The van der Waals surface area contributed by atoms with Crippen LogP contribution in [0.25, 0.3) is 11.1 Å². The molecule has 0 aliphatic heterocycles. The highest BCUT2D eigenvalue weighted by Gasteiger charge is 2.16. The third-order valence-corrected chi connectivity index (χ3v) is 5.47. The van der Waals surface area contributed by atoms with Gasteiger partial charge in [0.05, 0.1) is 10.6 Å². The monoisotopic (exact) mass is 353 g/mol. The van der Waals surface area contributed by atoms with Crippen LogP contribution in [0, 0.1) is 13.8 Å². The van der Waals surface area contributed by atoms with Crippen molar-refractivity contribution in [1.29, 1.82) is 0 Å². The molecule has 0 spiro atoms. The summed E-state index contributed by atoms with van der Waals surface area (Å²) in [6.07, 6.45) is 0. The molecule has 2 N–H and O–H groups in total. The number of phenols is 1. The van der Waals surface area contributed by atoms with Crippen molar-refractivity contribution in [2.75, 3.05) is 4.72 Å². The Kier molecular flexibility index (Phi) is 4.51. The summed E-state index contributed by atoms with van der Waals surface area (Å²) in [5.74, 6) is 0.0247. The normalized spacial score (nSPS) is 11.3. The molecular weight excluding hydrogens is 334 g/mol. The second-order valence-corrected chi connectivity index (χ2v) is 7.63. The minimum atomic E-state index is -3.72. The van der Waals surface area contributed by atoms with Crippen LogP contribution in [-0.2, 0) is 10.0 Å². The van der Waals surface area contributed by atoms with Crippen LogP contribution < -0.4 is 4.72 Å². The largest absolute Gasteiger partial charge is 0.508 e. The van der Waals surface area contributed by atoms with Gasteiger partial charge in [0.1, 0.15) is 5.75 Å². The van der Waals surface area contributed by atoms with E-state index in [0.717, 1.165) is 22.3 Å². The fourth-order valence-corrected chi connectivity index (χ4v) is 3.75. The van der Waals surface area contributed by atoms with Crippen LogP contribution in [-0.4, -0.2) is 13.5 Å².